The van der Waals surface area contributed by atoms with Crippen LogP contribution >= 0.6 is 11.3 Å². The molecule has 1 aromatic carbocycles. The predicted octanol–water partition coefficient (Wildman–Crippen LogP) is 2.44. The van der Waals surface area contributed by atoms with Crippen molar-refractivity contribution in [2.75, 3.05) is 45.6 Å². The number of rotatable bonds is 5. The third-order valence-electron chi connectivity index (χ3n) is 4.45. The normalized spacial score (nSPS) is 15.9. The summed E-state index contributed by atoms with van der Waals surface area (Å²) in [4.78, 5) is 20.9. The molecule has 1 saturated heterocycles. The van der Waals surface area contributed by atoms with Gasteiger partial charge in [-0.2, -0.15) is 0 Å². The number of thiazole rings is 1. The van der Waals surface area contributed by atoms with E-state index in [1.165, 1.54) is 4.70 Å². The number of hydrogen-bond acceptors (Lipinski definition) is 5. The Balaban J connectivity index is 1.38. The number of aromatic nitrogens is 1. The molecule has 3 rings (SSSR count). The summed E-state index contributed by atoms with van der Waals surface area (Å²) in [5.74, 6) is 0. The Bertz CT molecular complexity index is 645. The minimum atomic E-state index is 0.0401. The van der Waals surface area contributed by atoms with Crippen molar-refractivity contribution in [3.8, 4) is 0 Å². The van der Waals surface area contributed by atoms with Gasteiger partial charge >= 0.3 is 6.03 Å². The van der Waals surface area contributed by atoms with Gasteiger partial charge in [0, 0.05) is 32.2 Å². The second kappa shape index (κ2) is 7.81. The first-order valence-corrected chi connectivity index (χ1v) is 9.24. The van der Waals surface area contributed by atoms with Gasteiger partial charge in [0.1, 0.15) is 0 Å². The van der Waals surface area contributed by atoms with Crippen molar-refractivity contribution in [1.82, 2.24) is 20.1 Å². The molecule has 0 radical (unpaired) electrons. The van der Waals surface area contributed by atoms with Crippen molar-refractivity contribution in [2.45, 2.75) is 18.9 Å². The van der Waals surface area contributed by atoms with Gasteiger partial charge in [-0.05, 0) is 39.1 Å². The fourth-order valence-corrected chi connectivity index (χ4v) is 3.88. The SMILES string of the molecule is CN(C)C1CCN(C(=O)NCCNc2nc3ccccc3s2)CC1. The Morgan fingerprint density at radius 3 is 2.75 bits per heavy atom. The van der Waals surface area contributed by atoms with Gasteiger partial charge < -0.3 is 20.4 Å². The molecule has 24 heavy (non-hydrogen) atoms. The molecule has 1 fully saturated rings. The van der Waals surface area contributed by atoms with Crippen LogP contribution in [0.5, 0.6) is 0 Å². The Kier molecular flexibility index (Phi) is 5.52. The summed E-state index contributed by atoms with van der Waals surface area (Å²) in [6, 6.07) is 8.72. The molecule has 1 aromatic heterocycles. The zero-order valence-corrected chi connectivity index (χ0v) is 15.1. The van der Waals surface area contributed by atoms with Gasteiger partial charge in [-0.25, -0.2) is 9.78 Å². The molecule has 1 aliphatic heterocycles. The van der Waals surface area contributed by atoms with Gasteiger partial charge in [0.25, 0.3) is 0 Å². The molecule has 130 valence electrons. The van der Waals surface area contributed by atoms with Crippen LogP contribution < -0.4 is 10.6 Å². The number of piperidine rings is 1. The maximum atomic E-state index is 12.2. The van der Waals surface area contributed by atoms with Crippen LogP contribution in [0.1, 0.15) is 12.8 Å². The number of nitrogens with zero attached hydrogens (tertiary/aromatic N) is 3. The molecule has 2 aromatic rings. The highest BCUT2D eigenvalue weighted by Crippen LogP contribution is 2.24. The molecule has 0 aliphatic carbocycles. The van der Waals surface area contributed by atoms with Crippen LogP contribution in [0, 0.1) is 0 Å². The molecule has 0 atom stereocenters. The molecule has 0 unspecified atom stereocenters. The summed E-state index contributed by atoms with van der Waals surface area (Å²) in [6.45, 7) is 2.95. The van der Waals surface area contributed by atoms with Gasteiger partial charge in [0.2, 0.25) is 0 Å². The number of amides is 2. The van der Waals surface area contributed by atoms with Crippen molar-refractivity contribution < 1.29 is 4.79 Å². The number of benzene rings is 1. The molecular formula is C17H25N5OS. The predicted molar refractivity (Wildman–Crippen MR) is 99.8 cm³/mol. The Morgan fingerprint density at radius 1 is 1.29 bits per heavy atom. The highest BCUT2D eigenvalue weighted by atomic mass is 32.1. The highest BCUT2D eigenvalue weighted by molar-refractivity contribution is 7.22. The van der Waals surface area contributed by atoms with Crippen LogP contribution in [0.3, 0.4) is 0 Å². The summed E-state index contributed by atoms with van der Waals surface area (Å²) in [6.07, 6.45) is 2.09. The zero-order chi connectivity index (χ0) is 16.9. The van der Waals surface area contributed by atoms with E-state index in [2.05, 4.69) is 40.7 Å². The number of carbonyl (C=O) groups excluding carboxylic acids is 1. The summed E-state index contributed by atoms with van der Waals surface area (Å²) >= 11 is 1.64. The summed E-state index contributed by atoms with van der Waals surface area (Å²) in [5.41, 5.74) is 1.01. The maximum absolute atomic E-state index is 12.2. The molecule has 0 saturated carbocycles. The first-order chi connectivity index (χ1) is 11.6. The van der Waals surface area contributed by atoms with Gasteiger partial charge in [-0.3, -0.25) is 0 Å². The van der Waals surface area contributed by atoms with E-state index in [1.807, 2.05) is 23.1 Å². The van der Waals surface area contributed by atoms with Crippen molar-refractivity contribution in [3.63, 3.8) is 0 Å². The van der Waals surface area contributed by atoms with E-state index in [0.717, 1.165) is 36.6 Å². The molecule has 2 heterocycles. The molecule has 2 N–H and O–H groups in total. The minimum Gasteiger partial charge on any atom is -0.360 e. The van der Waals surface area contributed by atoms with Crippen molar-refractivity contribution in [3.05, 3.63) is 24.3 Å². The number of carbonyl (C=O) groups is 1. The second-order valence-corrected chi connectivity index (χ2v) is 7.36. The Hall–Kier alpha value is -1.86. The molecule has 2 amide bonds. The standard InChI is InChI=1S/C17H25N5OS/c1-21(2)13-7-11-22(12-8-13)17(23)19-10-9-18-16-20-14-5-3-4-6-15(14)24-16/h3-6,13H,7-12H2,1-2H3,(H,18,20)(H,19,23). The lowest BCUT2D eigenvalue weighted by Gasteiger charge is -2.35. The van der Waals surface area contributed by atoms with E-state index in [0.29, 0.717) is 19.1 Å². The fraction of sp³-hybridized carbons (Fsp3) is 0.529. The fourth-order valence-electron chi connectivity index (χ4n) is 2.98. The van der Waals surface area contributed by atoms with E-state index >= 15 is 0 Å². The summed E-state index contributed by atoms with van der Waals surface area (Å²) in [5, 5.41) is 7.17. The largest absolute Gasteiger partial charge is 0.360 e. The number of hydrogen-bond donors (Lipinski definition) is 2. The smallest absolute Gasteiger partial charge is 0.317 e. The third kappa shape index (κ3) is 4.15. The number of fused-ring (bicyclic) bond motifs is 1. The average Bonchev–Trinajstić information content (AvgIpc) is 3.01. The summed E-state index contributed by atoms with van der Waals surface area (Å²) < 4.78 is 1.17. The lowest BCUT2D eigenvalue weighted by molar-refractivity contribution is 0.148. The summed E-state index contributed by atoms with van der Waals surface area (Å²) in [7, 11) is 4.21. The van der Waals surface area contributed by atoms with E-state index in [1.54, 1.807) is 11.3 Å². The minimum absolute atomic E-state index is 0.0401. The van der Waals surface area contributed by atoms with Crippen LogP contribution in [-0.2, 0) is 0 Å². The average molecular weight is 347 g/mol. The second-order valence-electron chi connectivity index (χ2n) is 6.33. The van der Waals surface area contributed by atoms with Crippen LogP contribution in [-0.4, -0.2) is 67.1 Å². The lowest BCUT2D eigenvalue weighted by atomic mass is 10.0. The number of nitrogens with one attached hydrogen (secondary N) is 2. The topological polar surface area (TPSA) is 60.5 Å². The zero-order valence-electron chi connectivity index (χ0n) is 14.3. The first-order valence-electron chi connectivity index (χ1n) is 8.42. The van der Waals surface area contributed by atoms with Gasteiger partial charge in [0.15, 0.2) is 5.13 Å². The van der Waals surface area contributed by atoms with Crippen molar-refractivity contribution >= 4 is 32.7 Å². The van der Waals surface area contributed by atoms with Crippen molar-refractivity contribution in [1.29, 1.82) is 0 Å². The van der Waals surface area contributed by atoms with Gasteiger partial charge in [0.05, 0.1) is 10.2 Å². The monoisotopic (exact) mass is 347 g/mol. The van der Waals surface area contributed by atoms with Gasteiger partial charge in [-0.1, -0.05) is 23.5 Å². The molecule has 6 nitrogen and oxygen atoms in total. The van der Waals surface area contributed by atoms with E-state index in [-0.39, 0.29) is 6.03 Å². The molecule has 1 aliphatic rings. The number of anilines is 1. The highest BCUT2D eigenvalue weighted by Gasteiger charge is 2.23. The van der Waals surface area contributed by atoms with Gasteiger partial charge in [-0.15, -0.1) is 0 Å². The molecule has 7 heteroatoms. The lowest BCUT2D eigenvalue weighted by Crippen LogP contribution is -2.48. The Morgan fingerprint density at radius 2 is 2.04 bits per heavy atom. The van der Waals surface area contributed by atoms with E-state index < -0.39 is 0 Å². The van der Waals surface area contributed by atoms with Crippen LogP contribution in [0.25, 0.3) is 10.2 Å². The van der Waals surface area contributed by atoms with E-state index in [9.17, 15) is 4.79 Å². The molecule has 0 bridgehead atoms. The van der Waals surface area contributed by atoms with Crippen molar-refractivity contribution in [2.24, 2.45) is 0 Å². The first kappa shape index (κ1) is 17.0. The number of likely N-dealkylation sites (tertiary alicyclic amines) is 1. The van der Waals surface area contributed by atoms with Crippen LogP contribution in [0.15, 0.2) is 24.3 Å². The Labute approximate surface area is 146 Å². The number of urea groups is 1. The third-order valence-corrected chi connectivity index (χ3v) is 5.45. The quantitative estimate of drug-likeness (QED) is 0.816. The van der Waals surface area contributed by atoms with Crippen LogP contribution in [0.2, 0.25) is 0 Å². The molecule has 0 spiro atoms. The molecular weight excluding hydrogens is 322 g/mol. The number of para-hydroxylation sites is 1. The van der Waals surface area contributed by atoms with Crippen LogP contribution in [0.4, 0.5) is 9.93 Å². The maximum Gasteiger partial charge on any atom is 0.317 e. The van der Waals surface area contributed by atoms with E-state index in [4.69, 9.17) is 0 Å².